The maximum Gasteiger partial charge on any atom is 0.250 e. The van der Waals surface area contributed by atoms with Gasteiger partial charge in [0.25, 0.3) is 0 Å². The number of thiazole rings is 1. The van der Waals surface area contributed by atoms with E-state index in [4.69, 9.17) is 0 Å². The van der Waals surface area contributed by atoms with E-state index in [1.807, 2.05) is 28.5 Å². The predicted octanol–water partition coefficient (Wildman–Crippen LogP) is 3.31. The molecule has 1 aromatic carbocycles. The van der Waals surface area contributed by atoms with Crippen molar-refractivity contribution in [2.45, 2.75) is 35.9 Å². The van der Waals surface area contributed by atoms with E-state index in [9.17, 15) is 13.2 Å². The summed E-state index contributed by atoms with van der Waals surface area (Å²) in [5, 5.41) is 4.71. The molecule has 4 rings (SSSR count). The number of benzene rings is 1. The molecular weight excluding hydrogens is 438 g/mol. The number of aromatic nitrogens is 1. The van der Waals surface area contributed by atoms with Crippen molar-refractivity contribution in [3.63, 3.8) is 0 Å². The third-order valence-corrected chi connectivity index (χ3v) is 8.87. The first-order valence-corrected chi connectivity index (χ1v) is 13.0. The summed E-state index contributed by atoms with van der Waals surface area (Å²) in [6, 6.07) is 13.3. The molecule has 1 amide bonds. The number of nitrogens with zero attached hydrogens (tertiary/aromatic N) is 2. The minimum absolute atomic E-state index is 0.0473. The zero-order valence-corrected chi connectivity index (χ0v) is 18.8. The Kier molecular flexibility index (Phi) is 6.62. The smallest absolute Gasteiger partial charge is 0.250 e. The number of sulfonamides is 1. The first kappa shape index (κ1) is 21.2. The van der Waals surface area contributed by atoms with Crippen molar-refractivity contribution in [1.82, 2.24) is 14.6 Å². The van der Waals surface area contributed by atoms with Crippen LogP contribution in [0.5, 0.6) is 0 Å². The minimum Gasteiger partial charge on any atom is -0.342 e. The zero-order valence-electron chi connectivity index (χ0n) is 16.4. The van der Waals surface area contributed by atoms with Crippen LogP contribution in [-0.4, -0.2) is 43.3 Å². The number of likely N-dealkylation sites (tertiary alicyclic amines) is 1. The lowest BCUT2D eigenvalue weighted by Crippen LogP contribution is -2.46. The Labute approximate surface area is 184 Å². The third-order valence-electron chi connectivity index (χ3n) is 5.06. The average Bonchev–Trinajstić information content (AvgIpc) is 3.42. The molecule has 1 aliphatic rings. The number of thiophene rings is 1. The molecule has 3 aromatic rings. The molecule has 0 unspecified atom stereocenters. The Morgan fingerprint density at radius 2 is 1.87 bits per heavy atom. The highest BCUT2D eigenvalue weighted by Gasteiger charge is 2.27. The van der Waals surface area contributed by atoms with E-state index in [2.05, 4.69) is 21.8 Å². The van der Waals surface area contributed by atoms with Crippen LogP contribution in [0.25, 0.3) is 0 Å². The molecule has 1 N–H and O–H groups in total. The largest absolute Gasteiger partial charge is 0.342 e. The second kappa shape index (κ2) is 9.38. The van der Waals surface area contributed by atoms with Gasteiger partial charge in [-0.25, -0.2) is 18.1 Å². The van der Waals surface area contributed by atoms with Crippen LogP contribution in [0.15, 0.2) is 57.4 Å². The highest BCUT2D eigenvalue weighted by Crippen LogP contribution is 2.20. The number of hydrogen-bond acceptors (Lipinski definition) is 6. The molecule has 0 radical (unpaired) electrons. The van der Waals surface area contributed by atoms with E-state index in [1.54, 1.807) is 28.8 Å². The van der Waals surface area contributed by atoms with Gasteiger partial charge < -0.3 is 4.90 Å². The van der Waals surface area contributed by atoms with Gasteiger partial charge in [-0.05, 0) is 29.9 Å². The fourth-order valence-corrected chi connectivity index (χ4v) is 6.63. The number of nitrogens with one attached hydrogen (secondary N) is 1. The number of hydrogen-bond donors (Lipinski definition) is 1. The van der Waals surface area contributed by atoms with Gasteiger partial charge in [0.2, 0.25) is 15.9 Å². The Morgan fingerprint density at radius 3 is 2.57 bits per heavy atom. The quantitative estimate of drug-likeness (QED) is 0.586. The van der Waals surface area contributed by atoms with Gasteiger partial charge in [-0.1, -0.05) is 36.4 Å². The van der Waals surface area contributed by atoms with Gasteiger partial charge in [0.15, 0.2) is 0 Å². The highest BCUT2D eigenvalue weighted by molar-refractivity contribution is 7.91. The predicted molar refractivity (Wildman–Crippen MR) is 119 cm³/mol. The first-order chi connectivity index (χ1) is 14.5. The molecule has 2 aromatic heterocycles. The van der Waals surface area contributed by atoms with Gasteiger partial charge in [0.05, 0.1) is 17.1 Å². The van der Waals surface area contributed by atoms with Crippen LogP contribution in [0.2, 0.25) is 0 Å². The van der Waals surface area contributed by atoms with E-state index in [1.165, 1.54) is 16.9 Å². The molecule has 0 spiro atoms. The van der Waals surface area contributed by atoms with Gasteiger partial charge in [-0.2, -0.15) is 0 Å². The molecule has 6 nitrogen and oxygen atoms in total. The molecule has 158 valence electrons. The molecular formula is C21H23N3O3S3. The summed E-state index contributed by atoms with van der Waals surface area (Å²) in [6.07, 6.45) is 2.30. The van der Waals surface area contributed by atoms with E-state index in [0.29, 0.717) is 30.1 Å². The average molecular weight is 462 g/mol. The molecule has 1 aliphatic heterocycles. The van der Waals surface area contributed by atoms with Crippen molar-refractivity contribution in [2.24, 2.45) is 0 Å². The third kappa shape index (κ3) is 5.34. The van der Waals surface area contributed by atoms with Crippen molar-refractivity contribution in [3.05, 3.63) is 69.5 Å². The van der Waals surface area contributed by atoms with Crippen LogP contribution in [-0.2, 0) is 27.7 Å². The Balaban J connectivity index is 1.27. The second-order valence-electron chi connectivity index (χ2n) is 7.28. The monoisotopic (exact) mass is 461 g/mol. The van der Waals surface area contributed by atoms with E-state index in [-0.39, 0.29) is 18.4 Å². The molecule has 0 aliphatic carbocycles. The molecule has 9 heteroatoms. The van der Waals surface area contributed by atoms with E-state index < -0.39 is 10.0 Å². The molecule has 30 heavy (non-hydrogen) atoms. The SMILES string of the molecule is O=C(Cc1csc(Cc2ccccc2)n1)N1CCC(NS(=O)(=O)c2cccs2)CC1. The van der Waals surface area contributed by atoms with Gasteiger partial charge in [0, 0.05) is 30.9 Å². The number of piperidine rings is 1. The molecule has 1 saturated heterocycles. The summed E-state index contributed by atoms with van der Waals surface area (Å²) in [5.74, 6) is 0.0473. The molecule has 0 bridgehead atoms. The highest BCUT2D eigenvalue weighted by atomic mass is 32.2. The summed E-state index contributed by atoms with van der Waals surface area (Å²) >= 11 is 2.79. The first-order valence-electron chi connectivity index (χ1n) is 9.80. The Morgan fingerprint density at radius 1 is 1.10 bits per heavy atom. The number of carbonyl (C=O) groups excluding carboxylic acids is 1. The molecule has 3 heterocycles. The number of carbonyl (C=O) groups is 1. The van der Waals surface area contributed by atoms with Crippen LogP contribution in [0.3, 0.4) is 0 Å². The summed E-state index contributed by atoms with van der Waals surface area (Å²) in [4.78, 5) is 19.1. The molecule has 0 atom stereocenters. The maximum absolute atomic E-state index is 12.7. The van der Waals surface area contributed by atoms with Gasteiger partial charge in [-0.3, -0.25) is 4.79 Å². The Bertz CT molecular complexity index is 1070. The summed E-state index contributed by atoms with van der Waals surface area (Å²) in [5.41, 5.74) is 2.01. The van der Waals surface area contributed by atoms with Crippen LogP contribution in [0.1, 0.15) is 29.1 Å². The lowest BCUT2D eigenvalue weighted by atomic mass is 10.1. The fraction of sp³-hybridized carbons (Fsp3) is 0.333. The van der Waals surface area contributed by atoms with Crippen LogP contribution in [0, 0.1) is 0 Å². The van der Waals surface area contributed by atoms with E-state index in [0.717, 1.165) is 17.1 Å². The van der Waals surface area contributed by atoms with Crippen molar-refractivity contribution in [3.8, 4) is 0 Å². The molecule has 1 fully saturated rings. The summed E-state index contributed by atoms with van der Waals surface area (Å²) in [6.45, 7) is 1.11. The standard InChI is InChI=1S/C21H23N3O3S3/c25-20(14-18-15-29-19(22-18)13-16-5-2-1-3-6-16)24-10-8-17(9-11-24)23-30(26,27)21-7-4-12-28-21/h1-7,12,15,17,23H,8-11,13-14H2. The Hall–Kier alpha value is -2.07. The summed E-state index contributed by atoms with van der Waals surface area (Å²) < 4.78 is 27.8. The fourth-order valence-electron chi connectivity index (χ4n) is 3.49. The van der Waals surface area contributed by atoms with Crippen molar-refractivity contribution in [2.75, 3.05) is 13.1 Å². The van der Waals surface area contributed by atoms with Crippen LogP contribution >= 0.6 is 22.7 Å². The summed E-state index contributed by atoms with van der Waals surface area (Å²) in [7, 11) is -3.47. The number of rotatable bonds is 7. The lowest BCUT2D eigenvalue weighted by Gasteiger charge is -2.32. The zero-order chi connectivity index (χ0) is 21.0. The topological polar surface area (TPSA) is 79.4 Å². The van der Waals surface area contributed by atoms with Gasteiger partial charge >= 0.3 is 0 Å². The lowest BCUT2D eigenvalue weighted by molar-refractivity contribution is -0.131. The van der Waals surface area contributed by atoms with Gasteiger partial charge in [0.1, 0.15) is 4.21 Å². The van der Waals surface area contributed by atoms with Crippen molar-refractivity contribution in [1.29, 1.82) is 0 Å². The van der Waals surface area contributed by atoms with E-state index >= 15 is 0 Å². The maximum atomic E-state index is 12.7. The normalized spacial score (nSPS) is 15.4. The van der Waals surface area contributed by atoms with Crippen molar-refractivity contribution >= 4 is 38.6 Å². The van der Waals surface area contributed by atoms with Crippen LogP contribution < -0.4 is 4.72 Å². The molecule has 0 saturated carbocycles. The van der Waals surface area contributed by atoms with Crippen LogP contribution in [0.4, 0.5) is 0 Å². The second-order valence-corrected chi connectivity index (χ2v) is 11.1. The minimum atomic E-state index is -3.47. The van der Waals surface area contributed by atoms with Crippen molar-refractivity contribution < 1.29 is 13.2 Å². The van der Waals surface area contributed by atoms with Gasteiger partial charge in [-0.15, -0.1) is 22.7 Å². The number of amides is 1.